The lowest BCUT2D eigenvalue weighted by atomic mass is 10.1. The van der Waals surface area contributed by atoms with Gasteiger partial charge in [-0.3, -0.25) is 4.79 Å². The number of benzene rings is 2. The Morgan fingerprint density at radius 2 is 1.86 bits per heavy atom. The molecule has 0 aromatic heterocycles. The summed E-state index contributed by atoms with van der Waals surface area (Å²) in [4.78, 5) is 26.1. The largest absolute Gasteiger partial charge is 0.465 e. The van der Waals surface area contributed by atoms with Crippen LogP contribution in [0.4, 0.5) is 5.69 Å². The van der Waals surface area contributed by atoms with Gasteiger partial charge in [0.2, 0.25) is 0 Å². The van der Waals surface area contributed by atoms with Crippen molar-refractivity contribution in [2.45, 2.75) is 6.54 Å². The SMILES string of the molecule is COC(=O)c1ccccc1NC(=O)/C(C#N)=C\N(CCO)Cc1ccccc1. The van der Waals surface area contributed by atoms with Crippen molar-refractivity contribution < 1.29 is 19.4 Å². The van der Waals surface area contributed by atoms with E-state index >= 15 is 0 Å². The molecule has 0 saturated carbocycles. The summed E-state index contributed by atoms with van der Waals surface area (Å²) in [5.41, 5.74) is 1.26. The molecule has 0 aliphatic heterocycles. The maximum atomic E-state index is 12.6. The number of aliphatic hydroxyl groups is 1. The van der Waals surface area contributed by atoms with E-state index in [0.29, 0.717) is 6.54 Å². The van der Waals surface area contributed by atoms with Crippen LogP contribution in [0, 0.1) is 11.3 Å². The van der Waals surface area contributed by atoms with Crippen molar-refractivity contribution in [1.82, 2.24) is 4.90 Å². The zero-order chi connectivity index (χ0) is 20.4. The van der Waals surface area contributed by atoms with Gasteiger partial charge in [0.15, 0.2) is 0 Å². The van der Waals surface area contributed by atoms with Crippen LogP contribution in [0.5, 0.6) is 0 Å². The fraction of sp³-hybridized carbons (Fsp3) is 0.190. The number of methoxy groups -OCH3 is 1. The van der Waals surface area contributed by atoms with E-state index in [1.54, 1.807) is 23.1 Å². The van der Waals surface area contributed by atoms with Crippen LogP contribution in [0.3, 0.4) is 0 Å². The molecule has 0 heterocycles. The van der Waals surface area contributed by atoms with Crippen LogP contribution in [-0.2, 0) is 16.1 Å². The van der Waals surface area contributed by atoms with Crippen molar-refractivity contribution in [3.05, 3.63) is 77.5 Å². The molecule has 0 aliphatic carbocycles. The zero-order valence-electron chi connectivity index (χ0n) is 15.5. The molecular formula is C21H21N3O4. The number of esters is 1. The predicted octanol–water partition coefficient (Wildman–Crippen LogP) is 2.31. The van der Waals surface area contributed by atoms with E-state index < -0.39 is 11.9 Å². The van der Waals surface area contributed by atoms with Gasteiger partial charge in [-0.2, -0.15) is 5.26 Å². The Balaban J connectivity index is 2.21. The molecule has 2 N–H and O–H groups in total. The minimum absolute atomic E-state index is 0.130. The molecular weight excluding hydrogens is 358 g/mol. The Kier molecular flexibility index (Phi) is 7.76. The van der Waals surface area contributed by atoms with Crippen LogP contribution in [0.25, 0.3) is 0 Å². The van der Waals surface area contributed by atoms with Gasteiger partial charge in [-0.05, 0) is 17.7 Å². The predicted molar refractivity (Wildman–Crippen MR) is 104 cm³/mol. The topological polar surface area (TPSA) is 103 Å². The normalized spacial score (nSPS) is 10.7. The maximum absolute atomic E-state index is 12.6. The lowest BCUT2D eigenvalue weighted by Crippen LogP contribution is -2.24. The third kappa shape index (κ3) is 5.69. The molecule has 7 heteroatoms. The van der Waals surface area contributed by atoms with Crippen LogP contribution >= 0.6 is 0 Å². The molecule has 144 valence electrons. The number of hydrogen-bond acceptors (Lipinski definition) is 6. The van der Waals surface area contributed by atoms with E-state index in [4.69, 9.17) is 4.74 Å². The van der Waals surface area contributed by atoms with Crippen LogP contribution in [-0.4, -0.2) is 42.1 Å². The van der Waals surface area contributed by atoms with Crippen molar-refractivity contribution in [2.24, 2.45) is 0 Å². The highest BCUT2D eigenvalue weighted by Crippen LogP contribution is 2.17. The van der Waals surface area contributed by atoms with Crippen molar-refractivity contribution >= 4 is 17.6 Å². The summed E-state index contributed by atoms with van der Waals surface area (Å²) in [5, 5.41) is 21.3. The van der Waals surface area contributed by atoms with Gasteiger partial charge >= 0.3 is 5.97 Å². The second-order valence-electron chi connectivity index (χ2n) is 5.83. The molecule has 0 bridgehead atoms. The lowest BCUT2D eigenvalue weighted by molar-refractivity contribution is -0.112. The van der Waals surface area contributed by atoms with Gasteiger partial charge in [0, 0.05) is 19.3 Å². The maximum Gasteiger partial charge on any atom is 0.339 e. The lowest BCUT2D eigenvalue weighted by Gasteiger charge is -2.20. The molecule has 0 fully saturated rings. The summed E-state index contributed by atoms with van der Waals surface area (Å²) in [7, 11) is 1.25. The second-order valence-corrected chi connectivity index (χ2v) is 5.83. The molecule has 28 heavy (non-hydrogen) atoms. The number of nitriles is 1. The van der Waals surface area contributed by atoms with Crippen LogP contribution in [0.1, 0.15) is 15.9 Å². The summed E-state index contributed by atoms with van der Waals surface area (Å²) in [6.07, 6.45) is 1.40. The van der Waals surface area contributed by atoms with E-state index in [9.17, 15) is 20.0 Å². The smallest absolute Gasteiger partial charge is 0.339 e. The van der Waals surface area contributed by atoms with Gasteiger partial charge in [-0.25, -0.2) is 4.79 Å². The molecule has 7 nitrogen and oxygen atoms in total. The molecule has 0 spiro atoms. The third-order valence-corrected chi connectivity index (χ3v) is 3.87. The summed E-state index contributed by atoms with van der Waals surface area (Å²) >= 11 is 0. The second kappa shape index (κ2) is 10.5. The summed E-state index contributed by atoms with van der Waals surface area (Å²) in [6.45, 7) is 0.555. The molecule has 0 radical (unpaired) electrons. The minimum Gasteiger partial charge on any atom is -0.465 e. The van der Waals surface area contributed by atoms with Gasteiger partial charge in [-0.1, -0.05) is 42.5 Å². The fourth-order valence-electron chi connectivity index (χ4n) is 2.53. The Labute approximate surface area is 163 Å². The third-order valence-electron chi connectivity index (χ3n) is 3.87. The van der Waals surface area contributed by atoms with Crippen LogP contribution in [0.15, 0.2) is 66.4 Å². The first-order valence-corrected chi connectivity index (χ1v) is 8.58. The molecule has 2 aromatic carbocycles. The first-order chi connectivity index (χ1) is 13.6. The number of amides is 1. The average molecular weight is 379 g/mol. The summed E-state index contributed by atoms with van der Waals surface area (Å²) < 4.78 is 4.70. The summed E-state index contributed by atoms with van der Waals surface area (Å²) in [6, 6.07) is 17.7. The van der Waals surface area contributed by atoms with E-state index in [2.05, 4.69) is 5.32 Å². The zero-order valence-corrected chi connectivity index (χ0v) is 15.5. The quantitative estimate of drug-likeness (QED) is 0.415. The highest BCUT2D eigenvalue weighted by molar-refractivity contribution is 6.09. The van der Waals surface area contributed by atoms with Crippen LogP contribution < -0.4 is 5.32 Å². The molecule has 2 rings (SSSR count). The number of ether oxygens (including phenoxy) is 1. The van der Waals surface area contributed by atoms with Gasteiger partial charge < -0.3 is 20.1 Å². The number of para-hydroxylation sites is 1. The first kappa shape index (κ1) is 20.7. The number of carbonyl (C=O) groups is 2. The molecule has 2 aromatic rings. The molecule has 0 saturated heterocycles. The number of carbonyl (C=O) groups excluding carboxylic acids is 2. The van der Waals surface area contributed by atoms with Crippen molar-refractivity contribution in [3.8, 4) is 6.07 Å². The number of nitrogens with one attached hydrogen (secondary N) is 1. The minimum atomic E-state index is -0.658. The number of rotatable bonds is 8. The molecule has 0 aliphatic rings. The standard InChI is InChI=1S/C21H21N3O4/c1-28-21(27)18-9-5-6-10-19(18)23-20(26)17(13-22)15-24(11-12-25)14-16-7-3-2-4-8-16/h2-10,15,25H,11-12,14H2,1H3,(H,23,26)/b17-15-. The van der Waals surface area contributed by atoms with E-state index in [0.717, 1.165) is 5.56 Å². The average Bonchev–Trinajstić information content (AvgIpc) is 2.72. The Hall–Kier alpha value is -3.63. The molecule has 1 amide bonds. The number of nitrogens with zero attached hydrogens (tertiary/aromatic N) is 2. The van der Waals surface area contributed by atoms with Gasteiger partial charge in [0.1, 0.15) is 11.6 Å². The number of anilines is 1. The number of hydrogen-bond donors (Lipinski definition) is 2. The molecule has 0 unspecified atom stereocenters. The highest BCUT2D eigenvalue weighted by Gasteiger charge is 2.16. The Bertz CT molecular complexity index is 888. The fourth-order valence-corrected chi connectivity index (χ4v) is 2.53. The first-order valence-electron chi connectivity index (χ1n) is 8.58. The van der Waals surface area contributed by atoms with Gasteiger partial charge in [0.05, 0.1) is 25.0 Å². The van der Waals surface area contributed by atoms with Crippen molar-refractivity contribution in [3.63, 3.8) is 0 Å². The Morgan fingerprint density at radius 3 is 2.50 bits per heavy atom. The van der Waals surface area contributed by atoms with E-state index in [1.807, 2.05) is 36.4 Å². The van der Waals surface area contributed by atoms with Crippen molar-refractivity contribution in [1.29, 1.82) is 5.26 Å². The van der Waals surface area contributed by atoms with E-state index in [1.165, 1.54) is 19.4 Å². The summed E-state index contributed by atoms with van der Waals surface area (Å²) in [5.74, 6) is -1.25. The van der Waals surface area contributed by atoms with Gasteiger partial charge in [0.25, 0.3) is 5.91 Å². The molecule has 0 atom stereocenters. The highest BCUT2D eigenvalue weighted by atomic mass is 16.5. The monoisotopic (exact) mass is 379 g/mol. The van der Waals surface area contributed by atoms with Crippen molar-refractivity contribution in [2.75, 3.05) is 25.6 Å². The number of aliphatic hydroxyl groups excluding tert-OH is 1. The Morgan fingerprint density at radius 1 is 1.18 bits per heavy atom. The van der Waals surface area contributed by atoms with Gasteiger partial charge in [-0.15, -0.1) is 0 Å². The van der Waals surface area contributed by atoms with E-state index in [-0.39, 0.29) is 30.0 Å². The van der Waals surface area contributed by atoms with Crippen LogP contribution in [0.2, 0.25) is 0 Å².